The molecule has 0 heterocycles. The van der Waals surface area contributed by atoms with Crippen molar-refractivity contribution in [1.29, 1.82) is 0 Å². The minimum atomic E-state index is 0. The zero-order valence-electron chi connectivity index (χ0n) is 17.8. The highest BCUT2D eigenvalue weighted by Crippen LogP contribution is 2.15. The quantitative estimate of drug-likeness (QED) is 0.260. The Kier molecular flexibility index (Phi) is 17.2. The molecule has 0 fully saturated rings. The summed E-state index contributed by atoms with van der Waals surface area (Å²) in [6.07, 6.45) is 20.0. The van der Waals surface area contributed by atoms with Gasteiger partial charge in [0.05, 0.1) is 0 Å². The van der Waals surface area contributed by atoms with E-state index in [0.717, 1.165) is 0 Å². The summed E-state index contributed by atoms with van der Waals surface area (Å²) in [5.74, 6) is 0. The fourth-order valence-corrected chi connectivity index (χ4v) is 3.47. The molecule has 0 atom stereocenters. The maximum atomic E-state index is 2.39. The third kappa shape index (κ3) is 13.5. The highest BCUT2D eigenvalue weighted by Gasteiger charge is 2.00. The highest BCUT2D eigenvalue weighted by atomic mass is 35.5. The van der Waals surface area contributed by atoms with Crippen LogP contribution in [0, 0.1) is 6.92 Å². The molecule has 1 aromatic carbocycles. The van der Waals surface area contributed by atoms with Crippen molar-refractivity contribution in [2.24, 2.45) is 0 Å². The van der Waals surface area contributed by atoms with Gasteiger partial charge in [-0.2, -0.15) is 0 Å². The molecule has 0 N–H and O–H groups in total. The molecule has 0 amide bonds. The average Bonchev–Trinajstić information content (AvgIpc) is 2.62. The fourth-order valence-electron chi connectivity index (χ4n) is 3.47. The second-order valence-corrected chi connectivity index (χ2v) is 7.85. The largest absolute Gasteiger partial charge is 0.375 e. The van der Waals surface area contributed by atoms with Crippen LogP contribution < -0.4 is 4.90 Å². The van der Waals surface area contributed by atoms with Crippen molar-refractivity contribution in [2.75, 3.05) is 18.5 Å². The summed E-state index contributed by atoms with van der Waals surface area (Å²) >= 11 is 0. The number of halogens is 1. The lowest BCUT2D eigenvalue weighted by Crippen LogP contribution is -2.18. The van der Waals surface area contributed by atoms with E-state index in [2.05, 4.69) is 50.1 Å². The summed E-state index contributed by atoms with van der Waals surface area (Å²) < 4.78 is 0. The van der Waals surface area contributed by atoms with E-state index in [9.17, 15) is 0 Å². The molecule has 0 bridgehead atoms. The van der Waals surface area contributed by atoms with Crippen molar-refractivity contribution >= 4 is 18.1 Å². The SMILES string of the molecule is CCCCCCCCCCCCCCCCN(C)c1ccc(C)cc1.Cl. The van der Waals surface area contributed by atoms with E-state index in [1.807, 2.05) is 0 Å². The fraction of sp³-hybridized carbons (Fsp3) is 0.750. The molecule has 0 saturated heterocycles. The van der Waals surface area contributed by atoms with Crippen molar-refractivity contribution < 1.29 is 0 Å². The minimum absolute atomic E-state index is 0. The minimum Gasteiger partial charge on any atom is -0.375 e. The first-order valence-corrected chi connectivity index (χ1v) is 11.0. The Morgan fingerprint density at radius 2 is 1.00 bits per heavy atom. The van der Waals surface area contributed by atoms with Crippen molar-refractivity contribution in [1.82, 2.24) is 0 Å². The summed E-state index contributed by atoms with van der Waals surface area (Å²) in [7, 11) is 2.22. The van der Waals surface area contributed by atoms with Crippen LogP contribution in [0.1, 0.15) is 102 Å². The van der Waals surface area contributed by atoms with E-state index >= 15 is 0 Å². The third-order valence-corrected chi connectivity index (χ3v) is 5.32. The van der Waals surface area contributed by atoms with Crippen LogP contribution >= 0.6 is 12.4 Å². The van der Waals surface area contributed by atoms with E-state index in [0.29, 0.717) is 0 Å². The summed E-state index contributed by atoms with van der Waals surface area (Å²) in [6.45, 7) is 5.63. The average molecular weight is 382 g/mol. The molecule has 0 radical (unpaired) electrons. The number of rotatable bonds is 16. The third-order valence-electron chi connectivity index (χ3n) is 5.32. The Morgan fingerprint density at radius 3 is 1.42 bits per heavy atom. The number of aryl methyl sites for hydroxylation is 1. The van der Waals surface area contributed by atoms with Crippen LogP contribution in [0.3, 0.4) is 0 Å². The van der Waals surface area contributed by atoms with Crippen molar-refractivity contribution in [3.05, 3.63) is 29.8 Å². The number of hydrogen-bond donors (Lipinski definition) is 0. The number of nitrogens with zero attached hydrogens (tertiary/aromatic N) is 1. The van der Waals surface area contributed by atoms with Gasteiger partial charge in [0.15, 0.2) is 0 Å². The lowest BCUT2D eigenvalue weighted by atomic mass is 10.0. The normalized spacial score (nSPS) is 10.6. The molecular formula is C24H44ClN. The van der Waals surface area contributed by atoms with Gasteiger partial charge in [-0.25, -0.2) is 0 Å². The maximum Gasteiger partial charge on any atom is 0.0363 e. The summed E-state index contributed by atoms with van der Waals surface area (Å²) in [6, 6.07) is 8.88. The van der Waals surface area contributed by atoms with Crippen molar-refractivity contribution in [2.45, 2.75) is 104 Å². The van der Waals surface area contributed by atoms with Crippen molar-refractivity contribution in [3.8, 4) is 0 Å². The zero-order valence-corrected chi connectivity index (χ0v) is 18.6. The molecule has 0 aliphatic heterocycles. The molecule has 1 rings (SSSR count). The number of unbranched alkanes of at least 4 members (excludes halogenated alkanes) is 13. The Balaban J connectivity index is 0.00000625. The van der Waals surface area contributed by atoms with Crippen LogP contribution in [0.5, 0.6) is 0 Å². The molecule has 1 aromatic rings. The molecule has 152 valence electrons. The first-order chi connectivity index (χ1) is 12.2. The van der Waals surface area contributed by atoms with Gasteiger partial charge in [-0.3, -0.25) is 0 Å². The molecule has 2 heteroatoms. The van der Waals surface area contributed by atoms with Crippen LogP contribution in [-0.2, 0) is 0 Å². The topological polar surface area (TPSA) is 3.24 Å². The predicted octanol–water partition coefficient (Wildman–Crippen LogP) is 8.33. The molecule has 0 saturated carbocycles. The Labute approximate surface area is 170 Å². The second-order valence-electron chi connectivity index (χ2n) is 7.85. The molecule has 0 unspecified atom stereocenters. The zero-order chi connectivity index (χ0) is 18.2. The van der Waals surface area contributed by atoms with Gasteiger partial charge < -0.3 is 4.90 Å². The van der Waals surface area contributed by atoms with Gasteiger partial charge >= 0.3 is 0 Å². The van der Waals surface area contributed by atoms with Gasteiger partial charge in [0.25, 0.3) is 0 Å². The van der Waals surface area contributed by atoms with E-state index in [-0.39, 0.29) is 12.4 Å². The summed E-state index contributed by atoms with van der Waals surface area (Å²) in [5, 5.41) is 0. The lowest BCUT2D eigenvalue weighted by molar-refractivity contribution is 0.535. The van der Waals surface area contributed by atoms with Gasteiger partial charge in [0.2, 0.25) is 0 Å². The van der Waals surface area contributed by atoms with Gasteiger partial charge in [-0.05, 0) is 25.5 Å². The molecular weight excluding hydrogens is 338 g/mol. The van der Waals surface area contributed by atoms with Crippen molar-refractivity contribution in [3.63, 3.8) is 0 Å². The van der Waals surface area contributed by atoms with Crippen LogP contribution in [0.4, 0.5) is 5.69 Å². The molecule has 0 aliphatic carbocycles. The van der Waals surface area contributed by atoms with Gasteiger partial charge in [0.1, 0.15) is 0 Å². The molecule has 1 nitrogen and oxygen atoms in total. The summed E-state index contributed by atoms with van der Waals surface area (Å²) in [4.78, 5) is 2.39. The number of benzene rings is 1. The van der Waals surface area contributed by atoms with Crippen LogP contribution in [0.25, 0.3) is 0 Å². The smallest absolute Gasteiger partial charge is 0.0363 e. The van der Waals surface area contributed by atoms with Gasteiger partial charge in [-0.15, -0.1) is 12.4 Å². The monoisotopic (exact) mass is 381 g/mol. The molecule has 0 aliphatic rings. The maximum absolute atomic E-state index is 2.39. The van der Waals surface area contributed by atoms with Gasteiger partial charge in [0, 0.05) is 19.3 Å². The number of hydrogen-bond acceptors (Lipinski definition) is 1. The predicted molar refractivity (Wildman–Crippen MR) is 122 cm³/mol. The van der Waals surface area contributed by atoms with Crippen LogP contribution in [0.2, 0.25) is 0 Å². The Morgan fingerprint density at radius 1 is 0.615 bits per heavy atom. The van der Waals surface area contributed by atoms with Gasteiger partial charge in [-0.1, -0.05) is 108 Å². The van der Waals surface area contributed by atoms with Crippen LogP contribution in [0.15, 0.2) is 24.3 Å². The molecule has 0 spiro atoms. The lowest BCUT2D eigenvalue weighted by Gasteiger charge is -2.19. The highest BCUT2D eigenvalue weighted by molar-refractivity contribution is 5.85. The molecule has 26 heavy (non-hydrogen) atoms. The first-order valence-electron chi connectivity index (χ1n) is 11.0. The van der Waals surface area contributed by atoms with E-state index in [1.54, 1.807) is 0 Å². The second kappa shape index (κ2) is 17.7. The van der Waals surface area contributed by atoms with E-state index in [1.165, 1.54) is 108 Å². The first kappa shape index (κ1) is 25.3. The Hall–Kier alpha value is -0.690. The van der Waals surface area contributed by atoms with E-state index < -0.39 is 0 Å². The summed E-state index contributed by atoms with van der Waals surface area (Å²) in [5.41, 5.74) is 2.69. The van der Waals surface area contributed by atoms with Crippen LogP contribution in [-0.4, -0.2) is 13.6 Å². The molecule has 0 aromatic heterocycles. The standard InChI is InChI=1S/C24H43N.ClH/c1-4-5-6-7-8-9-10-11-12-13-14-15-16-17-22-25(3)24-20-18-23(2)19-21-24;/h18-21H,4-17,22H2,1-3H3;1H. The van der Waals surface area contributed by atoms with E-state index in [4.69, 9.17) is 0 Å². The number of anilines is 1. The Bertz CT molecular complexity index is 401.